The van der Waals surface area contributed by atoms with Crippen molar-refractivity contribution in [1.82, 2.24) is 10.3 Å². The predicted octanol–water partition coefficient (Wildman–Crippen LogP) is 6.36. The molecule has 3 aromatic rings. The molecule has 0 radical (unpaired) electrons. The summed E-state index contributed by atoms with van der Waals surface area (Å²) >= 11 is 0. The first-order chi connectivity index (χ1) is 16.5. The maximum atomic E-state index is 12.8. The number of hydrogen-bond donors (Lipinski definition) is 3. The number of pyridine rings is 1. The van der Waals surface area contributed by atoms with Crippen LogP contribution >= 0.6 is 0 Å². The number of aromatic nitrogens is 1. The average Bonchev–Trinajstić information content (AvgIpc) is 2.78. The summed E-state index contributed by atoms with van der Waals surface area (Å²) in [6.07, 6.45) is 0.613. The van der Waals surface area contributed by atoms with Crippen molar-refractivity contribution < 1.29 is 14.3 Å². The Morgan fingerprint density at radius 3 is 2.20 bits per heavy atom. The Bertz CT molecular complexity index is 1180. The molecule has 1 aromatic heterocycles. The van der Waals surface area contributed by atoms with Gasteiger partial charge in [-0.2, -0.15) is 0 Å². The molecule has 0 spiro atoms. The number of nitrogens with zero attached hydrogens (tertiary/aromatic N) is 1. The van der Waals surface area contributed by atoms with Gasteiger partial charge in [-0.05, 0) is 46.7 Å². The van der Waals surface area contributed by atoms with Crippen molar-refractivity contribution in [3.8, 4) is 11.6 Å². The van der Waals surface area contributed by atoms with Crippen LogP contribution < -0.4 is 20.7 Å². The van der Waals surface area contributed by atoms with E-state index >= 15 is 0 Å². The number of benzene rings is 2. The minimum Gasteiger partial charge on any atom is -0.437 e. The molecular weight excluding hydrogens is 440 g/mol. The summed E-state index contributed by atoms with van der Waals surface area (Å²) in [5.74, 6) is 0.888. The molecule has 0 atom stereocenters. The molecule has 184 valence electrons. The molecule has 35 heavy (non-hydrogen) atoms. The summed E-state index contributed by atoms with van der Waals surface area (Å²) in [7, 11) is 0. The van der Waals surface area contributed by atoms with Crippen molar-refractivity contribution in [2.24, 2.45) is 0 Å². The van der Waals surface area contributed by atoms with Crippen LogP contribution in [0.5, 0.6) is 11.6 Å². The third kappa shape index (κ3) is 7.06. The first kappa shape index (κ1) is 25.7. The monoisotopic (exact) mass is 474 g/mol. The van der Waals surface area contributed by atoms with E-state index in [9.17, 15) is 9.59 Å². The van der Waals surface area contributed by atoms with Crippen LogP contribution in [0.4, 0.5) is 16.2 Å². The van der Waals surface area contributed by atoms with Gasteiger partial charge in [-0.25, -0.2) is 9.78 Å². The van der Waals surface area contributed by atoms with Gasteiger partial charge >= 0.3 is 6.03 Å². The van der Waals surface area contributed by atoms with Crippen molar-refractivity contribution in [2.45, 2.75) is 58.9 Å². The van der Waals surface area contributed by atoms with Crippen LogP contribution in [0.2, 0.25) is 0 Å². The van der Waals surface area contributed by atoms with Crippen LogP contribution in [0, 0.1) is 0 Å². The summed E-state index contributed by atoms with van der Waals surface area (Å²) in [5, 5.41) is 8.29. The van der Waals surface area contributed by atoms with Gasteiger partial charge in [-0.3, -0.25) is 4.79 Å². The minimum atomic E-state index is -0.414. The fraction of sp³-hybridized carbons (Fsp3) is 0.321. The lowest BCUT2D eigenvalue weighted by molar-refractivity contribution is -0.109. The normalized spacial score (nSPS) is 11.5. The molecule has 7 nitrogen and oxygen atoms in total. The SMILES string of the molecule is CC(C)(C)c1ccc(NC(=O)Nc2ccc(CNC=O)nc2Oc2ccccc2C(C)(C)C)cc1. The molecule has 0 aliphatic rings. The molecule has 3 amide bonds. The van der Waals surface area contributed by atoms with Gasteiger partial charge in [0.2, 0.25) is 12.3 Å². The van der Waals surface area contributed by atoms with E-state index in [4.69, 9.17) is 4.74 Å². The Morgan fingerprint density at radius 2 is 1.57 bits per heavy atom. The first-order valence-corrected chi connectivity index (χ1v) is 11.6. The lowest BCUT2D eigenvalue weighted by atomic mass is 9.86. The largest absolute Gasteiger partial charge is 0.437 e. The van der Waals surface area contributed by atoms with Crippen molar-refractivity contribution >= 4 is 23.8 Å². The number of rotatable bonds is 7. The quantitative estimate of drug-likeness (QED) is 0.348. The Morgan fingerprint density at radius 1 is 0.886 bits per heavy atom. The molecule has 2 aromatic carbocycles. The van der Waals surface area contributed by atoms with E-state index in [1.807, 2.05) is 48.5 Å². The van der Waals surface area contributed by atoms with E-state index in [1.54, 1.807) is 12.1 Å². The van der Waals surface area contributed by atoms with Gasteiger partial charge in [0.1, 0.15) is 11.4 Å². The fourth-order valence-corrected chi connectivity index (χ4v) is 3.51. The first-order valence-electron chi connectivity index (χ1n) is 11.6. The Kier molecular flexibility index (Phi) is 7.79. The molecule has 1 heterocycles. The van der Waals surface area contributed by atoms with Crippen molar-refractivity contribution in [3.63, 3.8) is 0 Å². The van der Waals surface area contributed by atoms with Gasteiger partial charge in [0.15, 0.2) is 0 Å². The van der Waals surface area contributed by atoms with Crippen LogP contribution in [0.25, 0.3) is 0 Å². The maximum Gasteiger partial charge on any atom is 0.323 e. The number of ether oxygens (including phenoxy) is 1. The molecule has 0 aliphatic carbocycles. The van der Waals surface area contributed by atoms with Gasteiger partial charge in [0.05, 0.1) is 12.2 Å². The number of carbonyl (C=O) groups is 2. The van der Waals surface area contributed by atoms with E-state index < -0.39 is 6.03 Å². The predicted molar refractivity (Wildman–Crippen MR) is 140 cm³/mol. The zero-order chi connectivity index (χ0) is 25.6. The lowest BCUT2D eigenvalue weighted by Gasteiger charge is -2.23. The third-order valence-corrected chi connectivity index (χ3v) is 5.44. The van der Waals surface area contributed by atoms with E-state index in [-0.39, 0.29) is 23.3 Å². The molecule has 0 bridgehead atoms. The average molecular weight is 475 g/mol. The smallest absolute Gasteiger partial charge is 0.323 e. The standard InChI is InChI=1S/C28H34N4O3/c1-27(2,3)19-11-13-20(14-12-19)31-26(34)32-23-16-15-21(17-29-18-33)30-25(23)35-24-10-8-7-9-22(24)28(4,5)6/h7-16,18H,17H2,1-6H3,(H,29,33)(H2,31,32,34). The van der Waals surface area contributed by atoms with Gasteiger partial charge in [-0.1, -0.05) is 71.9 Å². The second-order valence-electron chi connectivity index (χ2n) is 10.4. The minimum absolute atomic E-state index is 0.0303. The van der Waals surface area contributed by atoms with Gasteiger partial charge < -0.3 is 20.7 Å². The number of carbonyl (C=O) groups excluding carboxylic acids is 2. The van der Waals surface area contributed by atoms with Crippen molar-refractivity contribution in [2.75, 3.05) is 10.6 Å². The Hall–Kier alpha value is -3.87. The molecule has 0 unspecified atom stereocenters. The Balaban J connectivity index is 1.85. The Labute approximate surface area is 207 Å². The van der Waals surface area contributed by atoms with E-state index in [0.717, 1.165) is 5.56 Å². The van der Waals surface area contributed by atoms with Crippen LogP contribution in [0.15, 0.2) is 60.7 Å². The van der Waals surface area contributed by atoms with Crippen LogP contribution in [-0.4, -0.2) is 17.4 Å². The van der Waals surface area contributed by atoms with Gasteiger partial charge in [0.25, 0.3) is 0 Å². The summed E-state index contributed by atoms with van der Waals surface area (Å²) in [5.41, 5.74) is 3.75. The molecule has 3 N–H and O–H groups in total. The van der Waals surface area contributed by atoms with E-state index in [0.29, 0.717) is 29.2 Å². The highest BCUT2D eigenvalue weighted by atomic mass is 16.5. The van der Waals surface area contributed by atoms with Crippen molar-refractivity contribution in [3.05, 3.63) is 77.5 Å². The molecule has 3 rings (SSSR count). The summed E-state index contributed by atoms with van der Waals surface area (Å²) < 4.78 is 6.22. The van der Waals surface area contributed by atoms with Gasteiger partial charge in [-0.15, -0.1) is 0 Å². The molecule has 0 saturated heterocycles. The number of anilines is 2. The zero-order valence-corrected chi connectivity index (χ0v) is 21.2. The highest BCUT2D eigenvalue weighted by molar-refractivity contribution is 6.00. The molecule has 0 fully saturated rings. The topological polar surface area (TPSA) is 92.4 Å². The third-order valence-electron chi connectivity index (χ3n) is 5.44. The molecule has 0 aliphatic heterocycles. The number of hydrogen-bond acceptors (Lipinski definition) is 4. The molecule has 0 saturated carbocycles. The highest BCUT2D eigenvalue weighted by Gasteiger charge is 2.21. The van der Waals surface area contributed by atoms with Crippen LogP contribution in [0.3, 0.4) is 0 Å². The highest BCUT2D eigenvalue weighted by Crippen LogP contribution is 2.36. The van der Waals surface area contributed by atoms with Gasteiger partial charge in [0, 0.05) is 11.3 Å². The molecular formula is C28H34N4O3. The van der Waals surface area contributed by atoms with Crippen LogP contribution in [0.1, 0.15) is 58.4 Å². The zero-order valence-electron chi connectivity index (χ0n) is 21.2. The lowest BCUT2D eigenvalue weighted by Crippen LogP contribution is -2.21. The van der Waals surface area contributed by atoms with E-state index in [1.165, 1.54) is 5.56 Å². The number of para-hydroxylation sites is 1. The van der Waals surface area contributed by atoms with Crippen LogP contribution in [-0.2, 0) is 22.2 Å². The fourth-order valence-electron chi connectivity index (χ4n) is 3.51. The summed E-state index contributed by atoms with van der Waals surface area (Å²) in [4.78, 5) is 28.1. The number of nitrogens with one attached hydrogen (secondary N) is 3. The van der Waals surface area contributed by atoms with Crippen molar-refractivity contribution in [1.29, 1.82) is 0 Å². The number of urea groups is 1. The summed E-state index contributed by atoms with van der Waals surface area (Å²) in [6, 6.07) is 18.5. The second kappa shape index (κ2) is 10.6. The maximum absolute atomic E-state index is 12.8. The van der Waals surface area contributed by atoms with E-state index in [2.05, 4.69) is 62.5 Å². The second-order valence-corrected chi connectivity index (χ2v) is 10.4. The molecule has 7 heteroatoms. The number of amides is 3. The summed E-state index contributed by atoms with van der Waals surface area (Å²) in [6.45, 7) is 13.0.